The van der Waals surface area contributed by atoms with Gasteiger partial charge in [-0.1, -0.05) is 64.5 Å². The number of benzene rings is 1. The lowest BCUT2D eigenvalue weighted by molar-refractivity contribution is 0.0498. The number of rotatable bonds is 11. The Hall–Kier alpha value is -1.31. The lowest BCUT2D eigenvalue weighted by Crippen LogP contribution is -2.06. The summed E-state index contributed by atoms with van der Waals surface area (Å²) in [7, 11) is 0. The number of hydrogen-bond acceptors (Lipinski definition) is 2. The van der Waals surface area contributed by atoms with E-state index in [2.05, 4.69) is 26.0 Å². The number of carbonyl (C=O) groups is 1. The van der Waals surface area contributed by atoms with Gasteiger partial charge in [0.2, 0.25) is 0 Å². The minimum atomic E-state index is -0.191. The molecule has 0 spiro atoms. The largest absolute Gasteiger partial charge is 0.462 e. The minimum Gasteiger partial charge on any atom is -0.462 e. The van der Waals surface area contributed by atoms with E-state index in [1.54, 1.807) is 0 Å². The molecule has 0 aliphatic heterocycles. The normalized spacial score (nSPS) is 10.6. The fraction of sp³-hybridized carbons (Fsp3) is 0.632. The summed E-state index contributed by atoms with van der Waals surface area (Å²) < 4.78 is 5.29. The molecule has 2 heteroatoms. The predicted molar refractivity (Wildman–Crippen MR) is 88.7 cm³/mol. The highest BCUT2D eigenvalue weighted by molar-refractivity contribution is 5.89. The maximum atomic E-state index is 11.9. The predicted octanol–water partition coefficient (Wildman–Crippen LogP) is 5.55. The number of aryl methyl sites for hydroxylation is 1. The zero-order valence-electron chi connectivity index (χ0n) is 13.7. The van der Waals surface area contributed by atoms with E-state index in [0.29, 0.717) is 12.2 Å². The van der Waals surface area contributed by atoms with Gasteiger partial charge in [0.25, 0.3) is 0 Å². The molecule has 0 radical (unpaired) electrons. The van der Waals surface area contributed by atoms with Crippen molar-refractivity contribution in [2.24, 2.45) is 0 Å². The number of ether oxygens (including phenoxy) is 1. The summed E-state index contributed by atoms with van der Waals surface area (Å²) >= 11 is 0. The molecule has 21 heavy (non-hydrogen) atoms. The van der Waals surface area contributed by atoms with Gasteiger partial charge in [-0.15, -0.1) is 0 Å². The molecule has 0 aliphatic rings. The van der Waals surface area contributed by atoms with Gasteiger partial charge in [0.1, 0.15) is 0 Å². The fourth-order valence-electron chi connectivity index (χ4n) is 2.34. The summed E-state index contributed by atoms with van der Waals surface area (Å²) in [4.78, 5) is 11.9. The SMILES string of the molecule is CCCCCCOC(=O)c1ccc(CCCCCC)cc1. The minimum absolute atomic E-state index is 0.191. The molecule has 1 rings (SSSR count). The molecule has 0 fully saturated rings. The van der Waals surface area contributed by atoms with Crippen molar-refractivity contribution >= 4 is 5.97 Å². The van der Waals surface area contributed by atoms with Crippen LogP contribution in [-0.2, 0) is 11.2 Å². The Morgan fingerprint density at radius 1 is 0.857 bits per heavy atom. The van der Waals surface area contributed by atoms with Crippen molar-refractivity contribution in [3.8, 4) is 0 Å². The monoisotopic (exact) mass is 290 g/mol. The number of unbranched alkanes of at least 4 members (excludes halogenated alkanes) is 6. The average molecular weight is 290 g/mol. The molecule has 0 heterocycles. The first-order valence-electron chi connectivity index (χ1n) is 8.54. The maximum Gasteiger partial charge on any atom is 0.338 e. The average Bonchev–Trinajstić information content (AvgIpc) is 2.52. The van der Waals surface area contributed by atoms with Crippen LogP contribution < -0.4 is 0 Å². The van der Waals surface area contributed by atoms with Crippen molar-refractivity contribution in [1.82, 2.24) is 0 Å². The molecule has 0 N–H and O–H groups in total. The van der Waals surface area contributed by atoms with E-state index < -0.39 is 0 Å². The zero-order valence-corrected chi connectivity index (χ0v) is 13.7. The Bertz CT molecular complexity index is 381. The van der Waals surface area contributed by atoms with Gasteiger partial charge in [-0.05, 0) is 37.0 Å². The maximum absolute atomic E-state index is 11.9. The first-order chi connectivity index (χ1) is 10.3. The summed E-state index contributed by atoms with van der Waals surface area (Å²) in [6, 6.07) is 7.90. The van der Waals surface area contributed by atoms with Gasteiger partial charge in [0.15, 0.2) is 0 Å². The lowest BCUT2D eigenvalue weighted by atomic mass is 10.0. The van der Waals surface area contributed by atoms with Gasteiger partial charge in [0.05, 0.1) is 12.2 Å². The summed E-state index contributed by atoms with van der Waals surface area (Å²) in [5.41, 5.74) is 1.98. The van der Waals surface area contributed by atoms with Gasteiger partial charge in [-0.25, -0.2) is 4.79 Å². The van der Waals surface area contributed by atoms with Gasteiger partial charge in [0, 0.05) is 0 Å². The molecule has 1 aromatic carbocycles. The second kappa shape index (κ2) is 11.4. The van der Waals surface area contributed by atoms with Crippen molar-refractivity contribution in [3.05, 3.63) is 35.4 Å². The van der Waals surface area contributed by atoms with Crippen LogP contribution in [0, 0.1) is 0 Å². The van der Waals surface area contributed by atoms with Crippen molar-refractivity contribution in [2.75, 3.05) is 6.61 Å². The highest BCUT2D eigenvalue weighted by atomic mass is 16.5. The van der Waals surface area contributed by atoms with E-state index in [9.17, 15) is 4.79 Å². The standard InChI is InChI=1S/C19H30O2/c1-3-5-7-9-11-17-12-14-18(15-13-17)19(20)21-16-10-8-6-4-2/h12-15H,3-11,16H2,1-2H3. The third kappa shape index (κ3) is 7.89. The van der Waals surface area contributed by atoms with E-state index >= 15 is 0 Å². The van der Waals surface area contributed by atoms with Crippen molar-refractivity contribution in [1.29, 1.82) is 0 Å². The third-order valence-corrected chi connectivity index (χ3v) is 3.74. The Morgan fingerprint density at radius 3 is 2.10 bits per heavy atom. The quantitative estimate of drug-likeness (QED) is 0.394. The second-order valence-electron chi connectivity index (χ2n) is 5.70. The molecule has 1 aromatic rings. The van der Waals surface area contributed by atoms with Gasteiger partial charge in [-0.2, -0.15) is 0 Å². The van der Waals surface area contributed by atoms with Crippen LogP contribution >= 0.6 is 0 Å². The first-order valence-corrected chi connectivity index (χ1v) is 8.54. The summed E-state index contributed by atoms with van der Waals surface area (Å²) in [6.07, 6.45) is 10.7. The first kappa shape index (κ1) is 17.7. The van der Waals surface area contributed by atoms with Crippen LogP contribution in [0.5, 0.6) is 0 Å². The summed E-state index contributed by atoms with van der Waals surface area (Å²) in [6.45, 7) is 4.94. The van der Waals surface area contributed by atoms with Crippen molar-refractivity contribution in [3.63, 3.8) is 0 Å². The Balaban J connectivity index is 2.27. The van der Waals surface area contributed by atoms with Crippen LogP contribution in [0.15, 0.2) is 24.3 Å². The van der Waals surface area contributed by atoms with Crippen LogP contribution in [0.1, 0.15) is 81.1 Å². The zero-order chi connectivity index (χ0) is 15.3. The highest BCUT2D eigenvalue weighted by Gasteiger charge is 2.06. The Kier molecular flexibility index (Phi) is 9.60. The Morgan fingerprint density at radius 2 is 1.48 bits per heavy atom. The molecule has 0 saturated heterocycles. The van der Waals surface area contributed by atoms with Crippen LogP contribution in [0.2, 0.25) is 0 Å². The van der Waals surface area contributed by atoms with E-state index in [1.807, 2.05) is 12.1 Å². The molecule has 0 amide bonds. The smallest absolute Gasteiger partial charge is 0.338 e. The molecule has 0 aromatic heterocycles. The van der Waals surface area contributed by atoms with E-state index in [-0.39, 0.29) is 5.97 Å². The van der Waals surface area contributed by atoms with Gasteiger partial charge in [-0.3, -0.25) is 0 Å². The van der Waals surface area contributed by atoms with Crippen molar-refractivity contribution < 1.29 is 9.53 Å². The molecule has 0 saturated carbocycles. The molecular formula is C19H30O2. The van der Waals surface area contributed by atoms with Gasteiger partial charge < -0.3 is 4.74 Å². The van der Waals surface area contributed by atoms with Crippen molar-refractivity contribution in [2.45, 2.75) is 71.6 Å². The lowest BCUT2D eigenvalue weighted by Gasteiger charge is -2.06. The summed E-state index contributed by atoms with van der Waals surface area (Å²) in [5.74, 6) is -0.191. The summed E-state index contributed by atoms with van der Waals surface area (Å²) in [5, 5.41) is 0. The van der Waals surface area contributed by atoms with Crippen LogP contribution in [0.4, 0.5) is 0 Å². The van der Waals surface area contributed by atoms with E-state index in [1.165, 1.54) is 44.1 Å². The highest BCUT2D eigenvalue weighted by Crippen LogP contribution is 2.11. The fourth-order valence-corrected chi connectivity index (χ4v) is 2.34. The molecular weight excluding hydrogens is 260 g/mol. The van der Waals surface area contributed by atoms with Crippen LogP contribution in [-0.4, -0.2) is 12.6 Å². The van der Waals surface area contributed by atoms with E-state index in [4.69, 9.17) is 4.74 Å². The number of esters is 1. The van der Waals surface area contributed by atoms with Crippen LogP contribution in [0.25, 0.3) is 0 Å². The molecule has 2 nitrogen and oxygen atoms in total. The Labute approximate surface area is 129 Å². The van der Waals surface area contributed by atoms with E-state index in [0.717, 1.165) is 19.3 Å². The molecule has 0 unspecified atom stereocenters. The molecule has 0 bridgehead atoms. The third-order valence-electron chi connectivity index (χ3n) is 3.74. The second-order valence-corrected chi connectivity index (χ2v) is 5.70. The van der Waals surface area contributed by atoms with Crippen LogP contribution in [0.3, 0.4) is 0 Å². The molecule has 0 aliphatic carbocycles. The number of carbonyl (C=O) groups excluding carboxylic acids is 1. The topological polar surface area (TPSA) is 26.3 Å². The number of hydrogen-bond donors (Lipinski definition) is 0. The van der Waals surface area contributed by atoms with Gasteiger partial charge >= 0.3 is 5.97 Å². The molecule has 118 valence electrons. The molecule has 0 atom stereocenters.